The van der Waals surface area contributed by atoms with Crippen LogP contribution in [0.3, 0.4) is 0 Å². The Hall–Kier alpha value is -1.59. The molecular formula is C15H19NO3S. The minimum absolute atomic E-state index is 0.721. The first-order valence-corrected chi connectivity index (χ1v) is 7.32. The molecule has 2 rings (SSSR count). The summed E-state index contributed by atoms with van der Waals surface area (Å²) < 4.78 is 15.6. The third-order valence-electron chi connectivity index (χ3n) is 2.97. The Morgan fingerprint density at radius 2 is 1.90 bits per heavy atom. The van der Waals surface area contributed by atoms with Crippen molar-refractivity contribution in [3.8, 4) is 22.8 Å². The predicted octanol–water partition coefficient (Wildman–Crippen LogP) is 3.41. The molecule has 0 fully saturated rings. The van der Waals surface area contributed by atoms with E-state index in [1.807, 2.05) is 18.2 Å². The van der Waals surface area contributed by atoms with Crippen molar-refractivity contribution in [1.82, 2.24) is 4.98 Å². The number of aromatic nitrogens is 1. The van der Waals surface area contributed by atoms with Gasteiger partial charge < -0.3 is 14.2 Å². The summed E-state index contributed by atoms with van der Waals surface area (Å²) in [6.45, 7) is 0.769. The van der Waals surface area contributed by atoms with Gasteiger partial charge >= 0.3 is 0 Å². The molecule has 0 saturated heterocycles. The third kappa shape index (κ3) is 3.49. The van der Waals surface area contributed by atoms with Crippen molar-refractivity contribution in [2.24, 2.45) is 0 Å². The van der Waals surface area contributed by atoms with Gasteiger partial charge in [-0.25, -0.2) is 4.98 Å². The SMILES string of the molecule is COCCCc1nc(-c2ccc(OC)c(OC)c2)cs1. The zero-order valence-electron chi connectivity index (χ0n) is 12.0. The normalized spacial score (nSPS) is 10.6. The highest BCUT2D eigenvalue weighted by Crippen LogP contribution is 2.32. The van der Waals surface area contributed by atoms with E-state index < -0.39 is 0 Å². The highest BCUT2D eigenvalue weighted by Gasteiger charge is 2.09. The van der Waals surface area contributed by atoms with Crippen molar-refractivity contribution in [2.45, 2.75) is 12.8 Å². The lowest BCUT2D eigenvalue weighted by Crippen LogP contribution is -1.92. The predicted molar refractivity (Wildman–Crippen MR) is 80.9 cm³/mol. The number of rotatable bonds is 7. The van der Waals surface area contributed by atoms with Crippen LogP contribution in [0, 0.1) is 0 Å². The van der Waals surface area contributed by atoms with Crippen molar-refractivity contribution < 1.29 is 14.2 Å². The first-order chi connectivity index (χ1) is 9.78. The summed E-state index contributed by atoms with van der Waals surface area (Å²) in [7, 11) is 4.99. The molecule has 5 heteroatoms. The van der Waals surface area contributed by atoms with E-state index in [9.17, 15) is 0 Å². The Morgan fingerprint density at radius 1 is 1.10 bits per heavy atom. The maximum atomic E-state index is 5.32. The number of methoxy groups -OCH3 is 3. The molecule has 0 spiro atoms. The van der Waals surface area contributed by atoms with Gasteiger partial charge in [0.25, 0.3) is 0 Å². The van der Waals surface area contributed by atoms with Crippen LogP contribution < -0.4 is 9.47 Å². The van der Waals surface area contributed by atoms with Crippen molar-refractivity contribution in [3.05, 3.63) is 28.6 Å². The fourth-order valence-corrected chi connectivity index (χ4v) is 2.77. The number of nitrogens with zero attached hydrogens (tertiary/aromatic N) is 1. The lowest BCUT2D eigenvalue weighted by Gasteiger charge is -2.08. The minimum atomic E-state index is 0.721. The average molecular weight is 293 g/mol. The maximum Gasteiger partial charge on any atom is 0.161 e. The van der Waals surface area contributed by atoms with Crippen molar-refractivity contribution in [1.29, 1.82) is 0 Å². The van der Waals surface area contributed by atoms with Crippen LogP contribution in [0.4, 0.5) is 0 Å². The van der Waals surface area contributed by atoms with Crippen molar-refractivity contribution in [3.63, 3.8) is 0 Å². The summed E-state index contributed by atoms with van der Waals surface area (Å²) in [5.74, 6) is 1.45. The second-order valence-corrected chi connectivity index (χ2v) is 5.24. The van der Waals surface area contributed by atoms with E-state index in [1.54, 1.807) is 32.7 Å². The topological polar surface area (TPSA) is 40.6 Å². The summed E-state index contributed by atoms with van der Waals surface area (Å²) in [5, 5.41) is 3.20. The number of thiazole rings is 1. The van der Waals surface area contributed by atoms with Crippen LogP contribution in [0.2, 0.25) is 0 Å². The van der Waals surface area contributed by atoms with Gasteiger partial charge in [-0.05, 0) is 24.6 Å². The molecule has 20 heavy (non-hydrogen) atoms. The minimum Gasteiger partial charge on any atom is -0.493 e. The zero-order valence-corrected chi connectivity index (χ0v) is 12.8. The van der Waals surface area contributed by atoms with Crippen LogP contribution >= 0.6 is 11.3 Å². The number of hydrogen-bond donors (Lipinski definition) is 0. The van der Waals surface area contributed by atoms with Crippen LogP contribution in [0.25, 0.3) is 11.3 Å². The zero-order chi connectivity index (χ0) is 14.4. The van der Waals surface area contributed by atoms with Crippen molar-refractivity contribution >= 4 is 11.3 Å². The van der Waals surface area contributed by atoms with Crippen LogP contribution in [0.15, 0.2) is 23.6 Å². The molecule has 0 radical (unpaired) electrons. The van der Waals surface area contributed by atoms with Crippen LogP contribution in [0.5, 0.6) is 11.5 Å². The molecule has 0 atom stereocenters. The second-order valence-electron chi connectivity index (χ2n) is 4.29. The Balaban J connectivity index is 2.15. The lowest BCUT2D eigenvalue weighted by atomic mass is 10.1. The Labute approximate surface area is 123 Å². The highest BCUT2D eigenvalue weighted by atomic mass is 32.1. The van der Waals surface area contributed by atoms with Gasteiger partial charge in [0, 0.05) is 31.1 Å². The second kappa shape index (κ2) is 7.26. The van der Waals surface area contributed by atoms with Crippen LogP contribution in [-0.2, 0) is 11.2 Å². The fourth-order valence-electron chi connectivity index (χ4n) is 1.92. The summed E-state index contributed by atoms with van der Waals surface area (Å²) in [5.41, 5.74) is 2.01. The summed E-state index contributed by atoms with van der Waals surface area (Å²) in [6.07, 6.45) is 1.95. The summed E-state index contributed by atoms with van der Waals surface area (Å²) in [4.78, 5) is 4.65. The largest absolute Gasteiger partial charge is 0.493 e. The molecule has 0 aliphatic heterocycles. The molecule has 0 aliphatic rings. The molecule has 0 saturated carbocycles. The van der Waals surface area contributed by atoms with E-state index in [4.69, 9.17) is 14.2 Å². The molecule has 108 valence electrons. The monoisotopic (exact) mass is 293 g/mol. The quantitative estimate of drug-likeness (QED) is 0.734. The molecule has 2 aromatic rings. The number of aryl methyl sites for hydroxylation is 1. The number of hydrogen-bond acceptors (Lipinski definition) is 5. The Morgan fingerprint density at radius 3 is 2.60 bits per heavy atom. The molecule has 0 N–H and O–H groups in total. The highest BCUT2D eigenvalue weighted by molar-refractivity contribution is 7.09. The average Bonchev–Trinajstić information content (AvgIpc) is 2.95. The summed E-state index contributed by atoms with van der Waals surface area (Å²) in [6, 6.07) is 5.85. The molecule has 0 unspecified atom stereocenters. The Bertz CT molecular complexity index is 554. The maximum absolute atomic E-state index is 5.32. The van der Waals surface area contributed by atoms with Gasteiger partial charge in [-0.2, -0.15) is 0 Å². The molecular weight excluding hydrogens is 274 g/mol. The molecule has 1 aromatic heterocycles. The molecule has 0 aliphatic carbocycles. The third-order valence-corrected chi connectivity index (χ3v) is 3.88. The summed E-state index contributed by atoms with van der Waals surface area (Å²) >= 11 is 1.68. The van der Waals surface area contributed by atoms with Gasteiger partial charge in [0.15, 0.2) is 11.5 Å². The van der Waals surface area contributed by atoms with E-state index in [0.717, 1.165) is 47.2 Å². The molecule has 4 nitrogen and oxygen atoms in total. The van der Waals surface area contributed by atoms with E-state index >= 15 is 0 Å². The van der Waals surface area contributed by atoms with E-state index in [0.29, 0.717) is 0 Å². The molecule has 0 amide bonds. The van der Waals surface area contributed by atoms with Gasteiger partial charge in [0.2, 0.25) is 0 Å². The standard InChI is InChI=1S/C15H19NO3S/c1-17-8-4-5-15-16-12(10-20-15)11-6-7-13(18-2)14(9-11)19-3/h6-7,9-10H,4-5,8H2,1-3H3. The van der Waals surface area contributed by atoms with Crippen LogP contribution in [-0.4, -0.2) is 32.9 Å². The number of benzene rings is 1. The molecule has 1 heterocycles. The van der Waals surface area contributed by atoms with Gasteiger partial charge in [-0.3, -0.25) is 0 Å². The fraction of sp³-hybridized carbons (Fsp3) is 0.400. The van der Waals surface area contributed by atoms with E-state index in [2.05, 4.69) is 10.4 Å². The molecule has 1 aromatic carbocycles. The molecule has 0 bridgehead atoms. The van der Waals surface area contributed by atoms with Gasteiger partial charge in [-0.15, -0.1) is 11.3 Å². The lowest BCUT2D eigenvalue weighted by molar-refractivity contribution is 0.195. The number of ether oxygens (including phenoxy) is 3. The van der Waals surface area contributed by atoms with E-state index in [1.165, 1.54) is 0 Å². The van der Waals surface area contributed by atoms with Gasteiger partial charge in [0.05, 0.1) is 24.9 Å². The van der Waals surface area contributed by atoms with Crippen LogP contribution in [0.1, 0.15) is 11.4 Å². The van der Waals surface area contributed by atoms with E-state index in [-0.39, 0.29) is 0 Å². The van der Waals surface area contributed by atoms with Gasteiger partial charge in [0.1, 0.15) is 0 Å². The first-order valence-electron chi connectivity index (χ1n) is 6.44. The van der Waals surface area contributed by atoms with Gasteiger partial charge in [-0.1, -0.05) is 0 Å². The smallest absolute Gasteiger partial charge is 0.161 e. The van der Waals surface area contributed by atoms with Crippen molar-refractivity contribution in [2.75, 3.05) is 27.9 Å². The first kappa shape index (κ1) is 14.8. The Kier molecular flexibility index (Phi) is 5.38.